The summed E-state index contributed by atoms with van der Waals surface area (Å²) in [5.41, 5.74) is 11.4. The van der Waals surface area contributed by atoms with E-state index in [2.05, 4.69) is 51.6 Å². The number of nitrogens with two attached hydrogens (primary N) is 2. The summed E-state index contributed by atoms with van der Waals surface area (Å²) in [6.45, 7) is 7.39. The van der Waals surface area contributed by atoms with Crippen LogP contribution in [-0.2, 0) is 61.8 Å². The van der Waals surface area contributed by atoms with Gasteiger partial charge >= 0.3 is 23.0 Å². The van der Waals surface area contributed by atoms with Gasteiger partial charge in [0.05, 0.1) is 25.5 Å². The van der Waals surface area contributed by atoms with E-state index >= 15 is 0 Å². The molecular formula is C43H68CuN13O11+. The molecule has 0 saturated carbocycles. The maximum absolute atomic E-state index is 14.1. The molecule has 68 heavy (non-hydrogen) atoms. The van der Waals surface area contributed by atoms with Crippen LogP contribution in [0, 0.1) is 0 Å². The number of phenolic OH excluding ortho intramolecular Hbond substituents is 1. The number of amides is 6. The number of nitrogens with zero attached hydrogens (tertiary/aromatic N) is 5. The first-order valence-electron chi connectivity index (χ1n) is 22.9. The maximum atomic E-state index is 14.1. The van der Waals surface area contributed by atoms with Crippen molar-refractivity contribution in [2.24, 2.45) is 16.5 Å². The summed E-state index contributed by atoms with van der Waals surface area (Å²) >= 11 is 0. The second kappa shape index (κ2) is 30.0. The van der Waals surface area contributed by atoms with Gasteiger partial charge in [0, 0.05) is 65.3 Å². The molecule has 1 aromatic carbocycles. The van der Waals surface area contributed by atoms with Gasteiger partial charge in [-0.2, -0.15) is 0 Å². The first-order valence-corrected chi connectivity index (χ1v) is 22.9. The summed E-state index contributed by atoms with van der Waals surface area (Å²) in [5.74, 6) is -7.15. The van der Waals surface area contributed by atoms with Gasteiger partial charge in [-0.05, 0) is 88.8 Å². The summed E-state index contributed by atoms with van der Waals surface area (Å²) in [7, 11) is 0. The van der Waals surface area contributed by atoms with E-state index in [4.69, 9.17) is 11.5 Å². The molecule has 25 heteroatoms. The van der Waals surface area contributed by atoms with Crippen LogP contribution < -0.4 is 48.5 Å². The number of guanidine groups is 1. The van der Waals surface area contributed by atoms with Crippen molar-refractivity contribution in [3.8, 4) is 5.75 Å². The van der Waals surface area contributed by atoms with Gasteiger partial charge < -0.3 is 73.3 Å². The van der Waals surface area contributed by atoms with Crippen molar-refractivity contribution >= 4 is 53.3 Å². The van der Waals surface area contributed by atoms with Crippen LogP contribution in [0.25, 0.3) is 0 Å². The van der Waals surface area contributed by atoms with Crippen molar-refractivity contribution in [3.05, 3.63) is 29.8 Å². The number of nitrogens with one attached hydrogen (secondary N) is 6. The quantitative estimate of drug-likeness (QED) is 0.0301. The number of hydrogen-bond donors (Lipinski definition) is 10. The summed E-state index contributed by atoms with van der Waals surface area (Å²) in [6, 6.07) is 0.266. The van der Waals surface area contributed by atoms with Gasteiger partial charge in [0.25, 0.3) is 0 Å². The first-order chi connectivity index (χ1) is 32.0. The van der Waals surface area contributed by atoms with Gasteiger partial charge in [0.15, 0.2) is 5.96 Å². The molecule has 3 fully saturated rings. The molecule has 3 aliphatic heterocycles. The molecule has 381 valence electrons. The van der Waals surface area contributed by atoms with Crippen LogP contribution in [0.1, 0.15) is 56.9 Å². The van der Waals surface area contributed by atoms with E-state index in [1.165, 1.54) is 24.3 Å². The van der Waals surface area contributed by atoms with Crippen LogP contribution >= 0.6 is 0 Å². The Kier molecular flexibility index (Phi) is 25.0. The van der Waals surface area contributed by atoms with Crippen molar-refractivity contribution in [2.75, 3.05) is 98.2 Å². The van der Waals surface area contributed by atoms with Crippen LogP contribution in [-0.4, -0.2) is 205 Å². The standard InChI is InChI=1S/C43H69N13O11.Cu/c44-43(45)47-13-3-7-31-39(64)48-26-35(58)49-34(25-37(60)61)42(67)52-33(24-29-8-10-30(57)11-9-29)41(66)51-32(40(65)50-31)6-1-2-12-46-36(59)27-55-16-4-14-54-19-18-53(20-22-55)15-5-17-56(23-21-54)28-38(62)63;/h8-11,31-34,57H,1-7,12-28H2,(H,46,59)(H,48,64)(H,49,58)(H,50,65)(H,51,66)(H,52,67)(H,60,61)(H,62,63)(H4,44,45,47);/q;+2/p-1/t31-,32-,33+,34-;/m0./s1/i;1+0. The second-order valence-corrected chi connectivity index (χ2v) is 17.1. The second-order valence-electron chi connectivity index (χ2n) is 17.1. The van der Waals surface area contributed by atoms with Crippen molar-refractivity contribution in [2.45, 2.75) is 82.0 Å². The van der Waals surface area contributed by atoms with E-state index in [0.717, 1.165) is 52.1 Å². The number of benzene rings is 1. The number of fused-ring (bicyclic) bond motifs is 3. The largest absolute Gasteiger partial charge is 2.00 e. The fourth-order valence-electron chi connectivity index (χ4n) is 8.09. The summed E-state index contributed by atoms with van der Waals surface area (Å²) in [6.07, 6.45) is 1.67. The average molecular weight is 1010 g/mol. The fourth-order valence-corrected chi connectivity index (χ4v) is 8.09. The first kappa shape index (κ1) is 56.7. The smallest absolute Gasteiger partial charge is 0.549 e. The van der Waals surface area contributed by atoms with Crippen LogP contribution in [0.5, 0.6) is 5.75 Å². The monoisotopic (exact) mass is 1010 g/mol. The number of phenols is 1. The van der Waals surface area contributed by atoms with E-state index in [9.17, 15) is 53.7 Å². The Labute approximate surface area is 406 Å². The fraction of sp³-hybridized carbons (Fsp3) is 0.651. The topological polar surface area (TPSA) is 350 Å². The van der Waals surface area contributed by atoms with Gasteiger partial charge in [-0.1, -0.05) is 12.1 Å². The third-order valence-corrected chi connectivity index (χ3v) is 11.7. The van der Waals surface area contributed by atoms with E-state index in [1.807, 2.05) is 4.90 Å². The molecule has 4 rings (SSSR count). The predicted molar refractivity (Wildman–Crippen MR) is 242 cm³/mol. The summed E-state index contributed by atoms with van der Waals surface area (Å²) in [4.78, 5) is 117. The number of aliphatic carboxylic acids is 2. The zero-order valence-electron chi connectivity index (χ0n) is 38.4. The Morgan fingerprint density at radius 1 is 0.691 bits per heavy atom. The Morgan fingerprint density at radius 2 is 1.24 bits per heavy atom. The number of aromatic hydroxyl groups is 1. The molecule has 24 nitrogen and oxygen atoms in total. The molecule has 6 atom stereocenters. The number of aliphatic imine (C=N–C) groups is 1. The molecular weight excluding hydrogens is 938 g/mol. The van der Waals surface area contributed by atoms with E-state index < -0.39 is 78.6 Å². The molecule has 3 saturated heterocycles. The Hall–Kier alpha value is -5.59. The molecule has 2 bridgehead atoms. The third-order valence-electron chi connectivity index (χ3n) is 11.7. The molecule has 3 aliphatic rings. The average Bonchev–Trinajstić information content (AvgIpc) is 3.27. The van der Waals surface area contributed by atoms with Crippen LogP contribution in [0.4, 0.5) is 0 Å². The van der Waals surface area contributed by atoms with E-state index in [0.29, 0.717) is 44.6 Å². The van der Waals surface area contributed by atoms with Gasteiger partial charge in [-0.3, -0.25) is 48.4 Å². The van der Waals surface area contributed by atoms with Crippen molar-refractivity contribution in [1.82, 2.24) is 51.5 Å². The van der Waals surface area contributed by atoms with Crippen LogP contribution in [0.3, 0.4) is 0 Å². The third kappa shape index (κ3) is 21.6. The van der Waals surface area contributed by atoms with Crippen LogP contribution in [0.2, 0.25) is 0 Å². The summed E-state index contributed by atoms with van der Waals surface area (Å²) in [5, 5.41) is 46.2. The SMILES string of the molecule is NC(N)=NCCC[C@@H]1NC(=O)[C@H](CCCCNC(=O)CN2CCCN3CCN(CCCN(CC(=O)[O-])CC3)CC2)NC(=O)[C@@H](Cc2ccc(O)cc2)NC(=O)[C@H](CC(=O)O)NC(=O)CNC1=O.[64Cu+2]. The minimum atomic E-state index is -1.64. The molecule has 2 unspecified atom stereocenters. The number of rotatable bonds is 17. The van der Waals surface area contributed by atoms with Gasteiger partial charge in [-0.15, -0.1) is 0 Å². The van der Waals surface area contributed by atoms with Crippen molar-refractivity contribution in [1.29, 1.82) is 0 Å². The maximum Gasteiger partial charge on any atom is 2.00 e. The number of carbonyl (C=O) groups excluding carboxylic acids is 7. The molecule has 0 aliphatic carbocycles. The number of hydrogen-bond acceptors (Lipinski definition) is 15. The number of carboxylic acid groups (broad SMARTS) is 2. The molecule has 6 amide bonds. The Bertz CT molecular complexity index is 1870. The van der Waals surface area contributed by atoms with Crippen LogP contribution in [0.15, 0.2) is 29.3 Å². The minimum absolute atomic E-state index is 0. The zero-order chi connectivity index (χ0) is 48.7. The summed E-state index contributed by atoms with van der Waals surface area (Å²) < 4.78 is 0. The predicted octanol–water partition coefficient (Wildman–Crippen LogP) is -5.42. The number of carbonyl (C=O) groups is 8. The number of unbranched alkanes of at least 4 members (excludes halogenated alkanes) is 1. The molecule has 1 aromatic rings. The van der Waals surface area contributed by atoms with Crippen molar-refractivity contribution in [3.63, 3.8) is 0 Å². The van der Waals surface area contributed by atoms with E-state index in [1.54, 1.807) is 0 Å². The molecule has 0 aromatic heterocycles. The minimum Gasteiger partial charge on any atom is -0.549 e. The molecule has 0 spiro atoms. The Morgan fingerprint density at radius 3 is 1.84 bits per heavy atom. The molecule has 12 N–H and O–H groups in total. The Balaban J connectivity index is 0.0000122. The van der Waals surface area contributed by atoms with Gasteiger partial charge in [0.2, 0.25) is 35.4 Å². The van der Waals surface area contributed by atoms with Crippen molar-refractivity contribution < 1.29 is 70.7 Å². The molecule has 3 heterocycles. The molecule has 1 radical (unpaired) electrons. The normalized spacial score (nSPS) is 24.1. The number of carboxylic acids is 2. The zero-order valence-corrected chi connectivity index (χ0v) is 39.3. The van der Waals surface area contributed by atoms with Gasteiger partial charge in [0.1, 0.15) is 29.9 Å². The van der Waals surface area contributed by atoms with E-state index in [-0.39, 0.29) is 86.5 Å². The van der Waals surface area contributed by atoms with Gasteiger partial charge in [-0.25, -0.2) is 0 Å².